The van der Waals surface area contributed by atoms with Crippen molar-refractivity contribution in [3.63, 3.8) is 0 Å². The molecule has 2 fully saturated rings. The van der Waals surface area contributed by atoms with E-state index in [4.69, 9.17) is 5.73 Å². The molecule has 2 rings (SSSR count). The van der Waals surface area contributed by atoms with Crippen LogP contribution in [-0.2, 0) is 4.79 Å². The van der Waals surface area contributed by atoms with Crippen molar-refractivity contribution in [2.24, 2.45) is 17.6 Å². The fourth-order valence-corrected chi connectivity index (χ4v) is 3.27. The molecule has 3 heteroatoms. The number of amides is 1. The van der Waals surface area contributed by atoms with Crippen molar-refractivity contribution >= 4 is 5.91 Å². The average Bonchev–Trinajstić information content (AvgIpc) is 2.72. The summed E-state index contributed by atoms with van der Waals surface area (Å²) in [6.07, 6.45) is 6.93. The Hall–Kier alpha value is -0.570. The van der Waals surface area contributed by atoms with Crippen molar-refractivity contribution in [1.82, 2.24) is 4.90 Å². The minimum atomic E-state index is 0.0186. The highest BCUT2D eigenvalue weighted by atomic mass is 16.2. The van der Waals surface area contributed by atoms with Crippen molar-refractivity contribution < 1.29 is 4.79 Å². The van der Waals surface area contributed by atoms with Gasteiger partial charge in [-0.3, -0.25) is 4.79 Å². The van der Waals surface area contributed by atoms with E-state index in [-0.39, 0.29) is 6.04 Å². The van der Waals surface area contributed by atoms with E-state index in [1.165, 1.54) is 32.1 Å². The summed E-state index contributed by atoms with van der Waals surface area (Å²) in [6, 6.07) is 0.556. The topological polar surface area (TPSA) is 46.3 Å². The van der Waals surface area contributed by atoms with Gasteiger partial charge in [0.25, 0.3) is 0 Å². The molecule has 1 aliphatic carbocycles. The van der Waals surface area contributed by atoms with E-state index in [0.29, 0.717) is 24.3 Å². The number of nitrogens with two attached hydrogens (primary N) is 1. The number of carbonyl (C=O) groups excluding carboxylic acids is 1. The predicted molar refractivity (Wildman–Crippen MR) is 69.5 cm³/mol. The smallest absolute Gasteiger partial charge is 0.224 e. The Balaban J connectivity index is 1.91. The third-order valence-electron chi connectivity index (χ3n) is 4.60. The van der Waals surface area contributed by atoms with Gasteiger partial charge in [-0.05, 0) is 31.1 Å². The molecule has 0 aromatic rings. The fraction of sp³-hybridized carbons (Fsp3) is 0.929. The molecule has 0 aromatic carbocycles. The summed E-state index contributed by atoms with van der Waals surface area (Å²) < 4.78 is 0. The van der Waals surface area contributed by atoms with Crippen LogP contribution in [0.25, 0.3) is 0 Å². The van der Waals surface area contributed by atoms with E-state index >= 15 is 0 Å². The van der Waals surface area contributed by atoms with Gasteiger partial charge in [0, 0.05) is 25.0 Å². The average molecular weight is 238 g/mol. The van der Waals surface area contributed by atoms with Crippen molar-refractivity contribution in [3.8, 4) is 0 Å². The molecule has 17 heavy (non-hydrogen) atoms. The van der Waals surface area contributed by atoms with E-state index in [9.17, 15) is 4.79 Å². The van der Waals surface area contributed by atoms with Gasteiger partial charge in [0.2, 0.25) is 5.91 Å². The van der Waals surface area contributed by atoms with Crippen LogP contribution >= 0.6 is 0 Å². The van der Waals surface area contributed by atoms with E-state index in [1.807, 2.05) is 0 Å². The Morgan fingerprint density at radius 3 is 2.71 bits per heavy atom. The molecule has 2 N–H and O–H groups in total. The molecule has 1 aliphatic heterocycles. The van der Waals surface area contributed by atoms with E-state index in [1.54, 1.807) is 0 Å². The zero-order valence-corrected chi connectivity index (χ0v) is 11.2. The molecule has 1 heterocycles. The zero-order chi connectivity index (χ0) is 12.4. The minimum absolute atomic E-state index is 0.0186. The van der Waals surface area contributed by atoms with Crippen LogP contribution in [0.15, 0.2) is 0 Å². The van der Waals surface area contributed by atoms with Gasteiger partial charge in [-0.2, -0.15) is 0 Å². The quantitative estimate of drug-likeness (QED) is 0.819. The van der Waals surface area contributed by atoms with Crippen LogP contribution in [-0.4, -0.2) is 29.4 Å². The van der Waals surface area contributed by atoms with Gasteiger partial charge in [-0.25, -0.2) is 0 Å². The summed E-state index contributed by atoms with van der Waals surface area (Å²) in [4.78, 5) is 14.4. The first-order valence-electron chi connectivity index (χ1n) is 7.14. The van der Waals surface area contributed by atoms with Gasteiger partial charge < -0.3 is 10.6 Å². The maximum absolute atomic E-state index is 12.3. The maximum Gasteiger partial charge on any atom is 0.224 e. The number of nitrogens with zero attached hydrogens (tertiary/aromatic N) is 1. The Morgan fingerprint density at radius 1 is 1.29 bits per heavy atom. The molecule has 0 spiro atoms. The molecule has 3 nitrogen and oxygen atoms in total. The van der Waals surface area contributed by atoms with Crippen LogP contribution < -0.4 is 5.73 Å². The molecule has 3 atom stereocenters. The zero-order valence-electron chi connectivity index (χ0n) is 11.2. The number of fused-ring (bicyclic) bond motifs is 1. The molecular formula is C14H26N2O. The lowest BCUT2D eigenvalue weighted by atomic mass is 9.85. The standard InChI is InChI=1S/C14H26N2O/c1-10(2)12(15)9-14(17)16-8-7-11-5-3-4-6-13(11)16/h10-13H,3-9,15H2,1-2H3. The number of hydrogen-bond acceptors (Lipinski definition) is 2. The molecule has 0 bridgehead atoms. The lowest BCUT2D eigenvalue weighted by Crippen LogP contribution is -2.42. The third kappa shape index (κ3) is 2.82. The molecule has 3 unspecified atom stereocenters. The number of carbonyl (C=O) groups is 1. The van der Waals surface area contributed by atoms with Crippen LogP contribution in [0.4, 0.5) is 0 Å². The predicted octanol–water partition coefficient (Wildman–Crippen LogP) is 2.15. The first-order valence-corrected chi connectivity index (χ1v) is 7.14. The molecule has 0 radical (unpaired) electrons. The van der Waals surface area contributed by atoms with E-state index in [0.717, 1.165) is 12.5 Å². The molecule has 1 amide bonds. The summed E-state index contributed by atoms with van der Waals surface area (Å²) in [5.41, 5.74) is 6.01. The summed E-state index contributed by atoms with van der Waals surface area (Å²) in [5, 5.41) is 0. The lowest BCUT2D eigenvalue weighted by molar-refractivity contribution is -0.133. The van der Waals surface area contributed by atoms with Gasteiger partial charge in [0.15, 0.2) is 0 Å². The number of rotatable bonds is 3. The van der Waals surface area contributed by atoms with Crippen molar-refractivity contribution in [2.75, 3.05) is 6.54 Å². The molecule has 1 saturated heterocycles. The second kappa shape index (κ2) is 5.38. The summed E-state index contributed by atoms with van der Waals surface area (Å²) >= 11 is 0. The van der Waals surface area contributed by atoms with Gasteiger partial charge in [0.1, 0.15) is 0 Å². The van der Waals surface area contributed by atoms with Crippen LogP contribution in [0.3, 0.4) is 0 Å². The van der Waals surface area contributed by atoms with Crippen molar-refractivity contribution in [3.05, 3.63) is 0 Å². The van der Waals surface area contributed by atoms with Crippen molar-refractivity contribution in [1.29, 1.82) is 0 Å². The Labute approximate surface area is 105 Å². The van der Waals surface area contributed by atoms with Crippen LogP contribution in [0, 0.1) is 11.8 Å². The highest BCUT2D eigenvalue weighted by Crippen LogP contribution is 2.36. The second-order valence-corrected chi connectivity index (χ2v) is 6.10. The lowest BCUT2D eigenvalue weighted by Gasteiger charge is -2.32. The van der Waals surface area contributed by atoms with Gasteiger partial charge in [0.05, 0.1) is 0 Å². The molecule has 98 valence electrons. The highest BCUT2D eigenvalue weighted by molar-refractivity contribution is 5.77. The van der Waals surface area contributed by atoms with Crippen LogP contribution in [0.5, 0.6) is 0 Å². The van der Waals surface area contributed by atoms with E-state index < -0.39 is 0 Å². The first kappa shape index (κ1) is 12.9. The SMILES string of the molecule is CC(C)C(N)CC(=O)N1CCC2CCCCC21. The van der Waals surface area contributed by atoms with Gasteiger partial charge in [-0.15, -0.1) is 0 Å². The molecular weight excluding hydrogens is 212 g/mol. The fourth-order valence-electron chi connectivity index (χ4n) is 3.27. The third-order valence-corrected chi connectivity index (χ3v) is 4.60. The van der Waals surface area contributed by atoms with Gasteiger partial charge >= 0.3 is 0 Å². The summed E-state index contributed by atoms with van der Waals surface area (Å²) in [7, 11) is 0. The Kier molecular flexibility index (Phi) is 4.08. The molecule has 1 saturated carbocycles. The van der Waals surface area contributed by atoms with E-state index in [2.05, 4.69) is 18.7 Å². The molecule has 2 aliphatic rings. The summed E-state index contributed by atoms with van der Waals surface area (Å²) in [6.45, 7) is 5.15. The Morgan fingerprint density at radius 2 is 2.00 bits per heavy atom. The monoisotopic (exact) mass is 238 g/mol. The van der Waals surface area contributed by atoms with Crippen molar-refractivity contribution in [2.45, 2.75) is 64.5 Å². The second-order valence-electron chi connectivity index (χ2n) is 6.10. The number of hydrogen-bond donors (Lipinski definition) is 1. The maximum atomic E-state index is 12.3. The van der Waals surface area contributed by atoms with Crippen LogP contribution in [0.2, 0.25) is 0 Å². The minimum Gasteiger partial charge on any atom is -0.339 e. The van der Waals surface area contributed by atoms with Gasteiger partial charge in [-0.1, -0.05) is 26.7 Å². The normalized spacial score (nSPS) is 30.5. The Bertz CT molecular complexity index is 277. The van der Waals surface area contributed by atoms with Crippen LogP contribution in [0.1, 0.15) is 52.4 Å². The highest BCUT2D eigenvalue weighted by Gasteiger charge is 2.38. The summed E-state index contributed by atoms with van der Waals surface area (Å²) in [5.74, 6) is 1.47. The number of likely N-dealkylation sites (tertiary alicyclic amines) is 1. The largest absolute Gasteiger partial charge is 0.339 e. The molecule has 0 aromatic heterocycles. The first-order chi connectivity index (χ1) is 8.09.